The number of benzene rings is 2. The van der Waals surface area contributed by atoms with E-state index in [-0.39, 0.29) is 24.4 Å². The molecule has 0 aromatic heterocycles. The maximum Gasteiger partial charge on any atom is 0.163 e. The van der Waals surface area contributed by atoms with Crippen molar-refractivity contribution in [3.05, 3.63) is 69.8 Å². The fourth-order valence-electron chi connectivity index (χ4n) is 2.66. The first-order valence-corrected chi connectivity index (χ1v) is 8.15. The molecule has 0 radical (unpaired) electrons. The highest BCUT2D eigenvalue weighted by Crippen LogP contribution is 2.16. The summed E-state index contributed by atoms with van der Waals surface area (Å²) < 4.78 is 0. The van der Waals surface area contributed by atoms with Crippen LogP contribution in [0, 0.1) is 20.8 Å². The van der Waals surface area contributed by atoms with Crippen molar-refractivity contribution in [1.29, 1.82) is 0 Å². The van der Waals surface area contributed by atoms with E-state index < -0.39 is 0 Å². The van der Waals surface area contributed by atoms with E-state index in [9.17, 15) is 9.59 Å². The normalized spacial score (nSPS) is 10.6. The predicted molar refractivity (Wildman–Crippen MR) is 94.4 cm³/mol. The number of rotatable bonds is 6. The van der Waals surface area contributed by atoms with Gasteiger partial charge in [0.05, 0.1) is 0 Å². The van der Waals surface area contributed by atoms with Crippen molar-refractivity contribution in [3.63, 3.8) is 0 Å². The van der Waals surface area contributed by atoms with Gasteiger partial charge in [-0.25, -0.2) is 0 Å². The zero-order valence-electron chi connectivity index (χ0n) is 14.4. The van der Waals surface area contributed by atoms with Crippen molar-refractivity contribution in [2.75, 3.05) is 0 Å². The second-order valence-corrected chi connectivity index (χ2v) is 6.14. The Bertz CT molecular complexity index is 742. The largest absolute Gasteiger partial charge is 0.294 e. The molecule has 2 heteroatoms. The van der Waals surface area contributed by atoms with E-state index in [0.717, 1.165) is 12.0 Å². The first kappa shape index (κ1) is 17.1. The lowest BCUT2D eigenvalue weighted by Crippen LogP contribution is -2.06. The molecule has 0 fully saturated rings. The SMILES string of the molecule is CCc1cc(C(=O)CCC(=O)c2ccc(C)c(C)c2)ccc1C. The zero-order valence-corrected chi connectivity index (χ0v) is 14.4. The second-order valence-electron chi connectivity index (χ2n) is 6.14. The summed E-state index contributed by atoms with van der Waals surface area (Å²) in [5, 5.41) is 0. The van der Waals surface area contributed by atoms with Crippen molar-refractivity contribution in [2.24, 2.45) is 0 Å². The number of carbonyl (C=O) groups is 2. The highest BCUT2D eigenvalue weighted by molar-refractivity contribution is 6.02. The first-order chi connectivity index (χ1) is 10.9. The van der Waals surface area contributed by atoms with Gasteiger partial charge in [-0.2, -0.15) is 0 Å². The molecule has 2 aromatic rings. The molecule has 2 rings (SSSR count). The number of aryl methyl sites for hydroxylation is 4. The van der Waals surface area contributed by atoms with E-state index in [1.165, 1.54) is 16.7 Å². The summed E-state index contributed by atoms with van der Waals surface area (Å²) >= 11 is 0. The quantitative estimate of drug-likeness (QED) is 0.702. The Labute approximate surface area is 138 Å². The van der Waals surface area contributed by atoms with Crippen LogP contribution in [0.4, 0.5) is 0 Å². The molecule has 0 unspecified atom stereocenters. The molecule has 0 aliphatic heterocycles. The molecular formula is C21H24O2. The number of ketones is 2. The lowest BCUT2D eigenvalue weighted by atomic mass is 9.96. The van der Waals surface area contributed by atoms with Gasteiger partial charge in [-0.15, -0.1) is 0 Å². The van der Waals surface area contributed by atoms with E-state index >= 15 is 0 Å². The minimum absolute atomic E-state index is 0.0317. The van der Waals surface area contributed by atoms with Crippen LogP contribution in [0.1, 0.15) is 62.7 Å². The first-order valence-electron chi connectivity index (χ1n) is 8.15. The molecule has 2 nitrogen and oxygen atoms in total. The van der Waals surface area contributed by atoms with Gasteiger partial charge in [0.15, 0.2) is 11.6 Å². The van der Waals surface area contributed by atoms with E-state index in [2.05, 4.69) is 13.8 Å². The van der Waals surface area contributed by atoms with Crippen molar-refractivity contribution in [2.45, 2.75) is 47.0 Å². The van der Waals surface area contributed by atoms with Crippen LogP contribution in [0.15, 0.2) is 36.4 Å². The monoisotopic (exact) mass is 308 g/mol. The molecule has 0 bridgehead atoms. The third-order valence-electron chi connectivity index (χ3n) is 4.46. The minimum atomic E-state index is 0.0317. The van der Waals surface area contributed by atoms with Crippen LogP contribution >= 0.6 is 0 Å². The molecule has 0 aliphatic rings. The maximum absolute atomic E-state index is 12.3. The van der Waals surface area contributed by atoms with E-state index in [4.69, 9.17) is 0 Å². The number of carbonyl (C=O) groups excluding carboxylic acids is 2. The smallest absolute Gasteiger partial charge is 0.163 e. The average molecular weight is 308 g/mol. The van der Waals surface area contributed by atoms with Crippen LogP contribution < -0.4 is 0 Å². The Kier molecular flexibility index (Phi) is 5.49. The average Bonchev–Trinajstić information content (AvgIpc) is 2.55. The molecule has 0 atom stereocenters. The van der Waals surface area contributed by atoms with Crippen LogP contribution in [0.25, 0.3) is 0 Å². The lowest BCUT2D eigenvalue weighted by molar-refractivity contribution is 0.0917. The Morgan fingerprint density at radius 3 is 1.78 bits per heavy atom. The molecule has 0 heterocycles. The molecule has 0 amide bonds. The van der Waals surface area contributed by atoms with Crippen LogP contribution in [0.3, 0.4) is 0 Å². The molecule has 0 spiro atoms. The van der Waals surface area contributed by atoms with Gasteiger partial charge in [0.25, 0.3) is 0 Å². The highest BCUT2D eigenvalue weighted by atomic mass is 16.1. The fraction of sp³-hybridized carbons (Fsp3) is 0.333. The predicted octanol–water partition coefficient (Wildman–Crippen LogP) is 5.02. The lowest BCUT2D eigenvalue weighted by Gasteiger charge is -2.07. The van der Waals surface area contributed by atoms with Gasteiger partial charge >= 0.3 is 0 Å². The Morgan fingerprint density at radius 2 is 1.26 bits per heavy atom. The van der Waals surface area contributed by atoms with Gasteiger partial charge in [0.1, 0.15) is 0 Å². The van der Waals surface area contributed by atoms with Gasteiger partial charge in [-0.3, -0.25) is 9.59 Å². The van der Waals surface area contributed by atoms with Crippen LogP contribution in [0.2, 0.25) is 0 Å². The summed E-state index contributed by atoms with van der Waals surface area (Å²) in [5.41, 5.74) is 6.07. The van der Waals surface area contributed by atoms with E-state index in [1.807, 2.05) is 50.2 Å². The summed E-state index contributed by atoms with van der Waals surface area (Å²) in [6, 6.07) is 11.5. The van der Waals surface area contributed by atoms with Gasteiger partial charge < -0.3 is 0 Å². The maximum atomic E-state index is 12.3. The molecule has 120 valence electrons. The molecule has 0 N–H and O–H groups in total. The van der Waals surface area contributed by atoms with Crippen LogP contribution in [0.5, 0.6) is 0 Å². The van der Waals surface area contributed by atoms with Gasteiger partial charge in [-0.1, -0.05) is 31.2 Å². The van der Waals surface area contributed by atoms with Crippen molar-refractivity contribution in [3.8, 4) is 0 Å². The Morgan fingerprint density at radius 1 is 0.739 bits per heavy atom. The van der Waals surface area contributed by atoms with Crippen LogP contribution in [-0.4, -0.2) is 11.6 Å². The summed E-state index contributed by atoms with van der Waals surface area (Å²) in [5.74, 6) is 0.0705. The van der Waals surface area contributed by atoms with Gasteiger partial charge in [-0.05, 0) is 61.6 Å². The van der Waals surface area contributed by atoms with Crippen molar-refractivity contribution < 1.29 is 9.59 Å². The molecular weight excluding hydrogens is 284 g/mol. The van der Waals surface area contributed by atoms with Gasteiger partial charge in [0, 0.05) is 24.0 Å². The molecule has 0 saturated carbocycles. The van der Waals surface area contributed by atoms with Crippen LogP contribution in [-0.2, 0) is 6.42 Å². The third-order valence-corrected chi connectivity index (χ3v) is 4.46. The highest BCUT2D eigenvalue weighted by Gasteiger charge is 2.12. The van der Waals surface area contributed by atoms with E-state index in [0.29, 0.717) is 11.1 Å². The Hall–Kier alpha value is -2.22. The molecule has 23 heavy (non-hydrogen) atoms. The summed E-state index contributed by atoms with van der Waals surface area (Å²) in [6.07, 6.45) is 1.43. The molecule has 2 aromatic carbocycles. The molecule has 0 saturated heterocycles. The number of hydrogen-bond donors (Lipinski definition) is 0. The molecule has 0 aliphatic carbocycles. The standard InChI is InChI=1S/C21H24O2/c1-5-17-13-19(9-7-15(17)3)21(23)11-10-20(22)18-8-6-14(2)16(4)12-18/h6-9,12-13H,5,10-11H2,1-4H3. The zero-order chi connectivity index (χ0) is 17.0. The fourth-order valence-corrected chi connectivity index (χ4v) is 2.66. The minimum Gasteiger partial charge on any atom is -0.294 e. The van der Waals surface area contributed by atoms with E-state index in [1.54, 1.807) is 0 Å². The van der Waals surface area contributed by atoms with Crippen molar-refractivity contribution >= 4 is 11.6 Å². The van der Waals surface area contributed by atoms with Crippen molar-refractivity contribution in [1.82, 2.24) is 0 Å². The Balaban J connectivity index is 2.03. The third kappa shape index (κ3) is 4.16. The second kappa shape index (κ2) is 7.36. The number of hydrogen-bond acceptors (Lipinski definition) is 2. The summed E-state index contributed by atoms with van der Waals surface area (Å²) in [4.78, 5) is 24.6. The number of Topliss-reactive ketones (excluding diaryl/α,β-unsaturated/α-hetero) is 2. The summed E-state index contributed by atoms with van der Waals surface area (Å²) in [6.45, 7) is 8.15. The topological polar surface area (TPSA) is 34.1 Å². The summed E-state index contributed by atoms with van der Waals surface area (Å²) in [7, 11) is 0. The van der Waals surface area contributed by atoms with Gasteiger partial charge in [0.2, 0.25) is 0 Å².